The zero-order valence-corrected chi connectivity index (χ0v) is 33.1. The molecule has 5 nitrogen and oxygen atoms in total. The first-order chi connectivity index (χ1) is 24.0. The Morgan fingerprint density at radius 2 is 0.816 bits per heavy atom. The molecule has 292 valence electrons. The Morgan fingerprint density at radius 3 is 1.20 bits per heavy atom. The van der Waals surface area contributed by atoms with Gasteiger partial charge < -0.3 is 20.6 Å². The topological polar surface area (TPSA) is 89.8 Å². The van der Waals surface area contributed by atoms with Gasteiger partial charge in [0.25, 0.3) is 0 Å². The van der Waals surface area contributed by atoms with Gasteiger partial charge in [-0.2, -0.15) is 0 Å². The first-order valence-electron chi connectivity index (χ1n) is 22.0. The minimum absolute atomic E-state index is 0.0334. The van der Waals surface area contributed by atoms with Gasteiger partial charge in [0.15, 0.2) is 0 Å². The van der Waals surface area contributed by atoms with Crippen LogP contribution in [0.1, 0.15) is 239 Å². The maximum Gasteiger partial charge on any atom is 0.222 e. The first kappa shape index (κ1) is 48.1. The fourth-order valence-corrected chi connectivity index (χ4v) is 6.93. The normalized spacial score (nSPS) is 13.7. The second-order valence-corrected chi connectivity index (χ2v) is 15.3. The lowest BCUT2D eigenvalue weighted by molar-refractivity contribution is -0.125. The van der Waals surface area contributed by atoms with E-state index in [4.69, 9.17) is 0 Å². The zero-order valence-electron chi connectivity index (χ0n) is 33.1. The average molecular weight is 694 g/mol. The van der Waals surface area contributed by atoms with E-state index in [9.17, 15) is 20.1 Å². The molecule has 3 atom stereocenters. The minimum atomic E-state index is -0.748. The monoisotopic (exact) mass is 694 g/mol. The van der Waals surface area contributed by atoms with Crippen LogP contribution in [0, 0.1) is 0 Å². The van der Waals surface area contributed by atoms with Gasteiger partial charge in [-0.3, -0.25) is 4.79 Å². The number of carbonyl (C=O) groups excluding carboxylic acids is 1. The summed E-state index contributed by atoms with van der Waals surface area (Å²) in [6.45, 7) is 4.25. The summed E-state index contributed by atoms with van der Waals surface area (Å²) in [5.74, 6) is -0.286. The van der Waals surface area contributed by atoms with Gasteiger partial charge in [0, 0.05) is 0 Å². The number of hydrogen-bond acceptors (Lipinski definition) is 4. The maximum atomic E-state index is 12.4. The van der Waals surface area contributed by atoms with Crippen LogP contribution < -0.4 is 5.32 Å². The number of nitrogens with one attached hydrogen (secondary N) is 1. The number of aliphatic hydroxyl groups excluding tert-OH is 3. The van der Waals surface area contributed by atoms with Crippen molar-refractivity contribution in [1.29, 1.82) is 0 Å². The van der Waals surface area contributed by atoms with Gasteiger partial charge in [0.2, 0.25) is 5.91 Å². The summed E-state index contributed by atoms with van der Waals surface area (Å²) in [6.07, 6.45) is 46.1. The molecule has 3 unspecified atom stereocenters. The first-order valence-corrected chi connectivity index (χ1v) is 22.0. The third kappa shape index (κ3) is 36.7. The van der Waals surface area contributed by atoms with E-state index in [1.807, 2.05) is 0 Å². The van der Waals surface area contributed by atoms with Crippen molar-refractivity contribution in [2.75, 3.05) is 6.61 Å². The molecule has 0 saturated heterocycles. The second-order valence-electron chi connectivity index (χ2n) is 15.3. The van der Waals surface area contributed by atoms with E-state index in [0.717, 1.165) is 32.1 Å². The van der Waals surface area contributed by atoms with Crippen molar-refractivity contribution in [3.05, 3.63) is 12.2 Å². The van der Waals surface area contributed by atoms with E-state index in [1.165, 1.54) is 173 Å². The van der Waals surface area contributed by atoms with Crippen LogP contribution in [0.5, 0.6) is 0 Å². The molecule has 0 aliphatic heterocycles. The highest BCUT2D eigenvalue weighted by molar-refractivity contribution is 5.76. The van der Waals surface area contributed by atoms with Crippen LogP contribution in [0.15, 0.2) is 12.2 Å². The Balaban J connectivity index is 3.58. The Labute approximate surface area is 306 Å². The van der Waals surface area contributed by atoms with Gasteiger partial charge in [-0.1, -0.05) is 206 Å². The predicted octanol–water partition coefficient (Wildman–Crippen LogP) is 12.4. The molecule has 0 aromatic rings. The van der Waals surface area contributed by atoms with Crippen molar-refractivity contribution in [3.63, 3.8) is 0 Å². The molecule has 0 aliphatic rings. The standard InChI is InChI=1S/C44H87NO4/c1-3-5-7-9-11-13-15-17-18-19-20-21-22-23-24-26-28-30-32-34-36-38-43(48)42(40-46)45-44(49)39-41(47)37-35-33-31-29-27-25-16-14-12-10-8-6-4-2/h14,16,41-43,46-48H,3-13,15,17-40H2,1-2H3,(H,45,49)/b16-14-. The van der Waals surface area contributed by atoms with Crippen molar-refractivity contribution in [3.8, 4) is 0 Å². The van der Waals surface area contributed by atoms with Crippen molar-refractivity contribution in [2.24, 2.45) is 0 Å². The SMILES string of the molecule is CCCCCC/C=C\CCCCCCCC(O)CC(=O)NC(CO)C(O)CCCCCCCCCCCCCCCCCCCCCCC. The van der Waals surface area contributed by atoms with Gasteiger partial charge >= 0.3 is 0 Å². The van der Waals surface area contributed by atoms with Gasteiger partial charge in [-0.05, 0) is 38.5 Å². The third-order valence-corrected chi connectivity index (χ3v) is 10.3. The van der Waals surface area contributed by atoms with Crippen molar-refractivity contribution < 1.29 is 20.1 Å². The van der Waals surface area contributed by atoms with Crippen molar-refractivity contribution >= 4 is 5.91 Å². The molecule has 0 aromatic heterocycles. The Morgan fingerprint density at radius 1 is 0.490 bits per heavy atom. The van der Waals surface area contributed by atoms with Crippen LogP contribution in [-0.4, -0.2) is 46.1 Å². The van der Waals surface area contributed by atoms with E-state index < -0.39 is 18.2 Å². The van der Waals surface area contributed by atoms with E-state index in [2.05, 4.69) is 31.3 Å². The highest BCUT2D eigenvalue weighted by Gasteiger charge is 2.21. The maximum absolute atomic E-state index is 12.4. The summed E-state index contributed by atoms with van der Waals surface area (Å²) in [7, 11) is 0. The lowest BCUT2D eigenvalue weighted by Crippen LogP contribution is -2.46. The molecule has 0 heterocycles. The van der Waals surface area contributed by atoms with Gasteiger partial charge in [0.05, 0.1) is 31.3 Å². The highest BCUT2D eigenvalue weighted by atomic mass is 16.3. The highest BCUT2D eigenvalue weighted by Crippen LogP contribution is 2.16. The van der Waals surface area contributed by atoms with Gasteiger partial charge in [0.1, 0.15) is 0 Å². The number of unbranched alkanes of at least 4 members (excludes halogenated alkanes) is 29. The summed E-state index contributed by atoms with van der Waals surface area (Å²) in [6, 6.07) is -0.657. The number of carbonyl (C=O) groups is 1. The second kappa shape index (κ2) is 39.9. The average Bonchev–Trinajstić information content (AvgIpc) is 3.09. The Bertz CT molecular complexity index is 684. The minimum Gasteiger partial charge on any atom is -0.394 e. The lowest BCUT2D eigenvalue weighted by atomic mass is 10.0. The fourth-order valence-electron chi connectivity index (χ4n) is 6.93. The van der Waals surface area contributed by atoms with Crippen LogP contribution in [-0.2, 0) is 4.79 Å². The summed E-state index contributed by atoms with van der Waals surface area (Å²) in [5.41, 5.74) is 0. The molecule has 0 aromatic carbocycles. The number of aliphatic hydroxyl groups is 3. The molecule has 0 aliphatic carbocycles. The van der Waals surface area contributed by atoms with Crippen LogP contribution in [0.4, 0.5) is 0 Å². The smallest absolute Gasteiger partial charge is 0.222 e. The van der Waals surface area contributed by atoms with E-state index in [0.29, 0.717) is 12.8 Å². The summed E-state index contributed by atoms with van der Waals surface area (Å²) < 4.78 is 0. The largest absolute Gasteiger partial charge is 0.394 e. The summed E-state index contributed by atoms with van der Waals surface area (Å²) in [5, 5.41) is 33.4. The summed E-state index contributed by atoms with van der Waals surface area (Å²) in [4.78, 5) is 12.4. The molecule has 0 spiro atoms. The van der Waals surface area contributed by atoms with Crippen LogP contribution in [0.3, 0.4) is 0 Å². The molecule has 49 heavy (non-hydrogen) atoms. The molecular formula is C44H87NO4. The molecule has 0 radical (unpaired) electrons. The molecule has 0 saturated carbocycles. The van der Waals surface area contributed by atoms with Crippen LogP contribution in [0.2, 0.25) is 0 Å². The van der Waals surface area contributed by atoms with Crippen LogP contribution >= 0.6 is 0 Å². The van der Waals surface area contributed by atoms with Gasteiger partial charge in [-0.25, -0.2) is 0 Å². The molecule has 5 heteroatoms. The number of rotatable bonds is 40. The van der Waals surface area contributed by atoms with Crippen molar-refractivity contribution in [1.82, 2.24) is 5.32 Å². The van der Waals surface area contributed by atoms with Crippen LogP contribution in [0.25, 0.3) is 0 Å². The summed E-state index contributed by atoms with van der Waals surface area (Å²) >= 11 is 0. The van der Waals surface area contributed by atoms with E-state index in [-0.39, 0.29) is 18.9 Å². The molecule has 0 fully saturated rings. The molecule has 4 N–H and O–H groups in total. The van der Waals surface area contributed by atoms with E-state index >= 15 is 0 Å². The molecule has 0 bridgehead atoms. The number of hydrogen-bond donors (Lipinski definition) is 4. The van der Waals surface area contributed by atoms with E-state index in [1.54, 1.807) is 0 Å². The zero-order chi connectivity index (χ0) is 35.9. The third-order valence-electron chi connectivity index (χ3n) is 10.3. The Kier molecular flexibility index (Phi) is 39.1. The molecule has 0 rings (SSSR count). The molecular weight excluding hydrogens is 606 g/mol. The Hall–Kier alpha value is -0.910. The quantitative estimate of drug-likeness (QED) is 0.0380. The van der Waals surface area contributed by atoms with Gasteiger partial charge in [-0.15, -0.1) is 0 Å². The number of amides is 1. The predicted molar refractivity (Wildman–Crippen MR) is 213 cm³/mol. The number of allylic oxidation sites excluding steroid dienone is 2. The fraction of sp³-hybridized carbons (Fsp3) is 0.932. The lowest BCUT2D eigenvalue weighted by Gasteiger charge is -2.23. The van der Waals surface area contributed by atoms with Crippen molar-refractivity contribution in [2.45, 2.75) is 257 Å². The molecule has 1 amide bonds.